The zero-order valence-corrected chi connectivity index (χ0v) is 7.21. The van der Waals surface area contributed by atoms with Crippen LogP contribution in [0, 0.1) is 0 Å². The van der Waals surface area contributed by atoms with E-state index >= 15 is 0 Å². The second kappa shape index (κ2) is 2.50. The van der Waals surface area contributed by atoms with Crippen LogP contribution in [0.2, 0.25) is 4.34 Å². The maximum absolute atomic E-state index is 10.6. The average Bonchev–Trinajstić information content (AvgIpc) is 2.29. The van der Waals surface area contributed by atoms with Crippen molar-refractivity contribution < 1.29 is 4.79 Å². The Morgan fingerprint density at radius 1 is 1.73 bits per heavy atom. The Morgan fingerprint density at radius 2 is 2.45 bits per heavy atom. The van der Waals surface area contributed by atoms with Gasteiger partial charge < -0.3 is 5.32 Å². The summed E-state index contributed by atoms with van der Waals surface area (Å²) in [6, 6.07) is 2.12. The van der Waals surface area contributed by atoms with Gasteiger partial charge in [0, 0.05) is 5.56 Å². The van der Waals surface area contributed by atoms with E-state index in [0.717, 1.165) is 9.90 Å². The standard InChI is InChI=1S/C7H6ClNOS/c8-7-4(1-2-11-7)5-3-6(10)9-5/h1-2,5H,3H2,(H,9,10). The van der Waals surface area contributed by atoms with E-state index in [2.05, 4.69) is 5.32 Å². The monoisotopic (exact) mass is 187 g/mol. The molecule has 1 aromatic rings. The van der Waals surface area contributed by atoms with E-state index < -0.39 is 0 Å². The summed E-state index contributed by atoms with van der Waals surface area (Å²) >= 11 is 7.36. The van der Waals surface area contributed by atoms with E-state index in [4.69, 9.17) is 11.6 Å². The van der Waals surface area contributed by atoms with Crippen molar-refractivity contribution in [2.75, 3.05) is 0 Å². The van der Waals surface area contributed by atoms with E-state index in [-0.39, 0.29) is 11.9 Å². The van der Waals surface area contributed by atoms with Gasteiger partial charge in [-0.1, -0.05) is 11.6 Å². The molecule has 0 aromatic carbocycles. The third-order valence-corrected chi connectivity index (χ3v) is 2.95. The highest BCUT2D eigenvalue weighted by Crippen LogP contribution is 2.33. The molecule has 4 heteroatoms. The third kappa shape index (κ3) is 1.14. The summed E-state index contributed by atoms with van der Waals surface area (Å²) in [6.07, 6.45) is 0.580. The Labute approximate surface area is 73.2 Å². The smallest absolute Gasteiger partial charge is 0.222 e. The van der Waals surface area contributed by atoms with Gasteiger partial charge in [-0.2, -0.15) is 0 Å². The first-order valence-electron chi connectivity index (χ1n) is 3.29. The third-order valence-electron chi connectivity index (χ3n) is 1.75. The number of β-lactam (4-membered cyclic amide) rings is 1. The molecule has 1 fully saturated rings. The maximum Gasteiger partial charge on any atom is 0.222 e. The molecule has 11 heavy (non-hydrogen) atoms. The van der Waals surface area contributed by atoms with Crippen LogP contribution in [0.5, 0.6) is 0 Å². The SMILES string of the molecule is O=C1CC(c2ccsc2Cl)N1. The molecule has 2 heterocycles. The molecule has 1 N–H and O–H groups in total. The molecule has 1 saturated heterocycles. The minimum Gasteiger partial charge on any atom is -0.349 e. The van der Waals surface area contributed by atoms with E-state index in [1.54, 1.807) is 0 Å². The Morgan fingerprint density at radius 3 is 2.91 bits per heavy atom. The van der Waals surface area contributed by atoms with Gasteiger partial charge in [0.1, 0.15) is 0 Å². The van der Waals surface area contributed by atoms with Crippen molar-refractivity contribution in [3.63, 3.8) is 0 Å². The Balaban J connectivity index is 2.18. The first-order valence-corrected chi connectivity index (χ1v) is 4.55. The maximum atomic E-state index is 10.6. The largest absolute Gasteiger partial charge is 0.349 e. The highest BCUT2D eigenvalue weighted by Gasteiger charge is 2.28. The van der Waals surface area contributed by atoms with Crippen LogP contribution in [-0.2, 0) is 4.79 Å². The number of halogens is 1. The van der Waals surface area contributed by atoms with Gasteiger partial charge in [-0.25, -0.2) is 0 Å². The molecule has 1 atom stereocenters. The van der Waals surface area contributed by atoms with Crippen LogP contribution in [0.15, 0.2) is 11.4 Å². The summed E-state index contributed by atoms with van der Waals surface area (Å²) in [5.41, 5.74) is 1.05. The lowest BCUT2D eigenvalue weighted by Crippen LogP contribution is -2.41. The molecular formula is C7H6ClNOS. The Kier molecular flexibility index (Phi) is 1.62. The number of hydrogen-bond donors (Lipinski definition) is 1. The summed E-state index contributed by atoms with van der Waals surface area (Å²) in [7, 11) is 0. The molecule has 1 unspecified atom stereocenters. The van der Waals surface area contributed by atoms with Crippen molar-refractivity contribution in [3.8, 4) is 0 Å². The number of thiophene rings is 1. The molecule has 2 rings (SSSR count). The van der Waals surface area contributed by atoms with Gasteiger partial charge in [0.25, 0.3) is 0 Å². The first-order chi connectivity index (χ1) is 5.27. The minimum absolute atomic E-state index is 0.109. The van der Waals surface area contributed by atoms with E-state index in [1.807, 2.05) is 11.4 Å². The van der Waals surface area contributed by atoms with Crippen molar-refractivity contribution in [3.05, 3.63) is 21.3 Å². The summed E-state index contributed by atoms with van der Waals surface area (Å²) in [5.74, 6) is 0.109. The first kappa shape index (κ1) is 7.13. The van der Waals surface area contributed by atoms with Crippen LogP contribution in [0.1, 0.15) is 18.0 Å². The summed E-state index contributed by atoms with van der Waals surface area (Å²) in [4.78, 5) is 10.6. The van der Waals surface area contributed by atoms with Gasteiger partial charge in [0.15, 0.2) is 0 Å². The van der Waals surface area contributed by atoms with Crippen molar-refractivity contribution in [2.45, 2.75) is 12.5 Å². The molecule has 0 bridgehead atoms. The van der Waals surface area contributed by atoms with Crippen LogP contribution in [0.25, 0.3) is 0 Å². The highest BCUT2D eigenvalue weighted by atomic mass is 35.5. The zero-order chi connectivity index (χ0) is 7.84. The second-order valence-corrected chi connectivity index (χ2v) is 3.99. The van der Waals surface area contributed by atoms with Crippen LogP contribution in [0.3, 0.4) is 0 Å². The number of amides is 1. The van der Waals surface area contributed by atoms with Gasteiger partial charge in [0.2, 0.25) is 5.91 Å². The van der Waals surface area contributed by atoms with E-state index in [0.29, 0.717) is 6.42 Å². The Hall–Kier alpha value is -0.540. The van der Waals surface area contributed by atoms with Crippen LogP contribution in [0.4, 0.5) is 0 Å². The van der Waals surface area contributed by atoms with Gasteiger partial charge >= 0.3 is 0 Å². The lowest BCUT2D eigenvalue weighted by Gasteiger charge is -2.26. The lowest BCUT2D eigenvalue weighted by molar-refractivity contribution is -0.128. The van der Waals surface area contributed by atoms with Crippen molar-refractivity contribution in [2.24, 2.45) is 0 Å². The predicted molar refractivity (Wildman–Crippen MR) is 44.8 cm³/mol. The zero-order valence-electron chi connectivity index (χ0n) is 5.63. The van der Waals surface area contributed by atoms with Crippen LogP contribution >= 0.6 is 22.9 Å². The number of hydrogen-bond acceptors (Lipinski definition) is 2. The van der Waals surface area contributed by atoms with Gasteiger partial charge in [-0.15, -0.1) is 11.3 Å². The number of carbonyl (C=O) groups excluding carboxylic acids is 1. The molecular weight excluding hydrogens is 182 g/mol. The molecule has 1 aliphatic rings. The van der Waals surface area contributed by atoms with Gasteiger partial charge in [-0.05, 0) is 11.4 Å². The fraction of sp³-hybridized carbons (Fsp3) is 0.286. The normalized spacial score (nSPS) is 22.6. The molecule has 58 valence electrons. The molecule has 1 amide bonds. The second-order valence-electron chi connectivity index (χ2n) is 2.47. The van der Waals surface area contributed by atoms with Crippen LogP contribution in [-0.4, -0.2) is 5.91 Å². The lowest BCUT2D eigenvalue weighted by atomic mass is 10.0. The molecule has 0 spiro atoms. The highest BCUT2D eigenvalue weighted by molar-refractivity contribution is 7.14. The summed E-state index contributed by atoms with van der Waals surface area (Å²) in [6.45, 7) is 0. The summed E-state index contributed by atoms with van der Waals surface area (Å²) < 4.78 is 0.787. The fourth-order valence-electron chi connectivity index (χ4n) is 1.10. The van der Waals surface area contributed by atoms with Gasteiger partial charge in [-0.3, -0.25) is 4.79 Å². The molecule has 2 nitrogen and oxygen atoms in total. The molecule has 0 saturated carbocycles. The average molecular weight is 188 g/mol. The number of carbonyl (C=O) groups is 1. The van der Waals surface area contributed by atoms with Crippen molar-refractivity contribution in [1.82, 2.24) is 5.32 Å². The van der Waals surface area contributed by atoms with E-state index in [9.17, 15) is 4.79 Å². The van der Waals surface area contributed by atoms with Gasteiger partial charge in [0.05, 0.1) is 16.8 Å². The van der Waals surface area contributed by atoms with Crippen molar-refractivity contribution >= 4 is 28.8 Å². The number of nitrogens with one attached hydrogen (secondary N) is 1. The molecule has 1 aromatic heterocycles. The fourth-order valence-corrected chi connectivity index (χ4v) is 2.13. The molecule has 0 aliphatic carbocycles. The Bertz CT molecular complexity index is 288. The predicted octanol–water partition coefficient (Wildman–Crippen LogP) is 1.96. The minimum atomic E-state index is 0.109. The summed E-state index contributed by atoms with van der Waals surface area (Å²) in [5, 5.41) is 4.70. The number of rotatable bonds is 1. The topological polar surface area (TPSA) is 29.1 Å². The van der Waals surface area contributed by atoms with E-state index in [1.165, 1.54) is 11.3 Å². The molecule has 1 aliphatic heterocycles. The molecule has 0 radical (unpaired) electrons. The van der Waals surface area contributed by atoms with Crippen molar-refractivity contribution in [1.29, 1.82) is 0 Å². The van der Waals surface area contributed by atoms with Crippen LogP contribution < -0.4 is 5.32 Å². The quantitative estimate of drug-likeness (QED) is 0.670.